The number of amides is 4. The SMILES string of the molecule is C=C(C)CNc1ncc(N(C(N)=O)C(C(=O)NC2C(=O)N3C(C(=O)O)=C(CSc4nnnn4C)CS[C@@H]23)c2ccc(O)cc2)c(=O)[nH]1. The van der Waals surface area contributed by atoms with Gasteiger partial charge >= 0.3 is 12.0 Å². The number of thioether (sulfide) groups is 2. The lowest BCUT2D eigenvalue weighted by molar-refractivity contribution is -0.150. The van der Waals surface area contributed by atoms with Crippen LogP contribution in [0.1, 0.15) is 18.5 Å². The molecule has 3 atom stereocenters. The number of primary amides is 1. The average molecular weight is 684 g/mol. The molecule has 4 heterocycles. The summed E-state index contributed by atoms with van der Waals surface area (Å²) in [6, 6.07) is 1.31. The minimum absolute atomic E-state index is 0.0830. The summed E-state index contributed by atoms with van der Waals surface area (Å²) >= 11 is 2.46. The summed E-state index contributed by atoms with van der Waals surface area (Å²) in [5.41, 5.74) is 5.74. The van der Waals surface area contributed by atoms with Crippen LogP contribution in [0.5, 0.6) is 5.75 Å². The maximum Gasteiger partial charge on any atom is 0.352 e. The van der Waals surface area contributed by atoms with Crippen molar-refractivity contribution in [2.45, 2.75) is 29.5 Å². The van der Waals surface area contributed by atoms with Gasteiger partial charge in [0.2, 0.25) is 17.0 Å². The van der Waals surface area contributed by atoms with Crippen LogP contribution in [0.2, 0.25) is 0 Å². The molecular formula is C27H29N11O7S2. The third-order valence-electron chi connectivity index (χ3n) is 7.05. The number of anilines is 2. The van der Waals surface area contributed by atoms with Gasteiger partial charge in [0.05, 0.1) is 6.20 Å². The van der Waals surface area contributed by atoms with Crippen molar-refractivity contribution in [1.29, 1.82) is 0 Å². The third kappa shape index (κ3) is 6.77. The molecule has 1 aromatic carbocycles. The highest BCUT2D eigenvalue weighted by Gasteiger charge is 2.55. The lowest BCUT2D eigenvalue weighted by atomic mass is 10.00. The lowest BCUT2D eigenvalue weighted by Gasteiger charge is -2.49. The van der Waals surface area contributed by atoms with Crippen LogP contribution >= 0.6 is 23.5 Å². The molecular weight excluding hydrogens is 655 g/mol. The summed E-state index contributed by atoms with van der Waals surface area (Å²) in [5, 5.41) is 36.2. The van der Waals surface area contributed by atoms with Crippen molar-refractivity contribution in [2.24, 2.45) is 12.8 Å². The molecule has 20 heteroatoms. The van der Waals surface area contributed by atoms with Crippen LogP contribution in [0.4, 0.5) is 16.4 Å². The predicted molar refractivity (Wildman–Crippen MR) is 170 cm³/mol. The quantitative estimate of drug-likeness (QED) is 0.0844. The largest absolute Gasteiger partial charge is 0.508 e. The van der Waals surface area contributed by atoms with Gasteiger partial charge in [-0.25, -0.2) is 19.3 Å². The molecule has 0 radical (unpaired) electrons. The number of nitrogens with one attached hydrogen (secondary N) is 3. The summed E-state index contributed by atoms with van der Waals surface area (Å²) in [7, 11) is 1.64. The predicted octanol–water partition coefficient (Wildman–Crippen LogP) is 0.144. The van der Waals surface area contributed by atoms with Crippen molar-refractivity contribution in [1.82, 2.24) is 40.4 Å². The molecule has 3 aromatic rings. The number of carbonyl (C=O) groups is 4. The van der Waals surface area contributed by atoms with Gasteiger partial charge in [-0.05, 0) is 40.6 Å². The number of nitrogens with zero attached hydrogens (tertiary/aromatic N) is 7. The molecule has 2 unspecified atom stereocenters. The second-order valence-electron chi connectivity index (χ2n) is 10.5. The van der Waals surface area contributed by atoms with Crippen LogP contribution in [0.3, 0.4) is 0 Å². The van der Waals surface area contributed by atoms with Gasteiger partial charge in [-0.15, -0.1) is 16.9 Å². The minimum Gasteiger partial charge on any atom is -0.508 e. The smallest absolute Gasteiger partial charge is 0.352 e. The summed E-state index contributed by atoms with van der Waals surface area (Å²) in [6.45, 7) is 5.84. The summed E-state index contributed by atoms with van der Waals surface area (Å²) < 4.78 is 1.43. The number of phenols is 1. The van der Waals surface area contributed by atoms with E-state index in [2.05, 4.69) is 42.7 Å². The standard InChI is InChI=1S/C27H29N11O7S2/c1-12(2)8-29-26-30-9-16(20(40)32-26)37(25(28)45)18(13-4-6-15(39)7-5-13)21(41)31-17-22(42)38-19(24(43)44)14(10-46-23(17)38)11-47-27-33-34-35-36(27)3/h4-7,9,17-18,23,39H,1,8,10-11H2,2-3H3,(H2,28,45)(H,31,41)(H,43,44)(H2,29,30,32,40)/t17?,18?,23-/m0/s1. The van der Waals surface area contributed by atoms with Gasteiger partial charge in [0.1, 0.15) is 34.6 Å². The van der Waals surface area contributed by atoms with Crippen LogP contribution < -0.4 is 26.8 Å². The number of aliphatic carboxylic acids is 1. The van der Waals surface area contributed by atoms with E-state index in [0.29, 0.717) is 17.3 Å². The maximum atomic E-state index is 14.0. The number of nitrogens with two attached hydrogens (primary N) is 1. The van der Waals surface area contributed by atoms with Gasteiger partial charge in [-0.3, -0.25) is 29.2 Å². The van der Waals surface area contributed by atoms with Gasteiger partial charge in [-0.2, -0.15) is 0 Å². The van der Waals surface area contributed by atoms with Gasteiger partial charge < -0.3 is 26.6 Å². The Balaban J connectivity index is 1.42. The van der Waals surface area contributed by atoms with Crippen molar-refractivity contribution in [2.75, 3.05) is 28.3 Å². The monoisotopic (exact) mass is 683 g/mol. The number of H-pyrrole nitrogens is 1. The van der Waals surface area contributed by atoms with E-state index in [0.717, 1.165) is 21.6 Å². The Kier molecular flexibility index (Phi) is 9.51. The van der Waals surface area contributed by atoms with E-state index in [1.807, 2.05) is 0 Å². The number of carboxylic acid groups (broad SMARTS) is 1. The number of carbonyl (C=O) groups excluding carboxylic acids is 3. The fraction of sp³-hybridized carbons (Fsp3) is 0.296. The van der Waals surface area contributed by atoms with Gasteiger partial charge in [0.25, 0.3) is 11.5 Å². The van der Waals surface area contributed by atoms with Crippen LogP contribution in [0.25, 0.3) is 0 Å². The second-order valence-corrected chi connectivity index (χ2v) is 12.5. The molecule has 0 aliphatic carbocycles. The van der Waals surface area contributed by atoms with Gasteiger partial charge in [-0.1, -0.05) is 36.0 Å². The van der Waals surface area contributed by atoms with Crippen molar-refractivity contribution in [3.05, 3.63) is 69.8 Å². The maximum absolute atomic E-state index is 14.0. The van der Waals surface area contributed by atoms with Crippen LogP contribution in [0.15, 0.2) is 63.8 Å². The lowest BCUT2D eigenvalue weighted by Crippen LogP contribution is -2.71. The van der Waals surface area contributed by atoms with Crippen molar-refractivity contribution in [3.63, 3.8) is 0 Å². The number of hydrogen-bond donors (Lipinski definition) is 6. The fourth-order valence-corrected chi connectivity index (χ4v) is 7.20. The zero-order valence-electron chi connectivity index (χ0n) is 24.9. The van der Waals surface area contributed by atoms with E-state index in [-0.39, 0.29) is 40.2 Å². The van der Waals surface area contributed by atoms with Crippen LogP contribution in [-0.2, 0) is 21.4 Å². The molecule has 18 nitrogen and oxygen atoms in total. The number of fused-ring (bicyclic) bond motifs is 1. The highest BCUT2D eigenvalue weighted by atomic mass is 32.2. The number of tetrazole rings is 1. The number of phenolic OH excluding ortho intramolecular Hbond substituents is 1. The first-order valence-corrected chi connectivity index (χ1v) is 15.8. The summed E-state index contributed by atoms with van der Waals surface area (Å²) in [5.74, 6) is -2.49. The van der Waals surface area contributed by atoms with E-state index in [4.69, 9.17) is 5.73 Å². The Bertz CT molecular complexity index is 1840. The first-order chi connectivity index (χ1) is 22.4. The molecule has 2 aromatic heterocycles. The number of aromatic amines is 1. The Morgan fingerprint density at radius 3 is 2.60 bits per heavy atom. The molecule has 1 saturated heterocycles. The second kappa shape index (κ2) is 13.5. The van der Waals surface area contributed by atoms with Crippen LogP contribution in [0, 0.1) is 0 Å². The first kappa shape index (κ1) is 33.0. The molecule has 4 amide bonds. The molecule has 7 N–H and O–H groups in total. The van der Waals surface area contributed by atoms with E-state index >= 15 is 0 Å². The normalized spacial score (nSPS) is 17.7. The van der Waals surface area contributed by atoms with E-state index < -0.39 is 46.8 Å². The van der Waals surface area contributed by atoms with E-state index in [1.165, 1.54) is 52.5 Å². The zero-order valence-corrected chi connectivity index (χ0v) is 26.5. The van der Waals surface area contributed by atoms with E-state index in [1.54, 1.807) is 14.0 Å². The molecule has 2 aliphatic heterocycles. The molecule has 47 heavy (non-hydrogen) atoms. The Hall–Kier alpha value is -5.37. The molecule has 0 bridgehead atoms. The fourth-order valence-electron chi connectivity index (χ4n) is 4.87. The van der Waals surface area contributed by atoms with E-state index in [9.17, 15) is 34.2 Å². The molecule has 5 rings (SSSR count). The molecule has 1 fully saturated rings. The number of benzene rings is 1. The van der Waals surface area contributed by atoms with Crippen molar-refractivity contribution in [3.8, 4) is 5.75 Å². The molecule has 0 saturated carbocycles. The van der Waals surface area contributed by atoms with Gasteiger partial charge in [0.15, 0.2) is 0 Å². The number of rotatable bonds is 12. The minimum atomic E-state index is -1.60. The number of aromatic nitrogens is 6. The van der Waals surface area contributed by atoms with Crippen molar-refractivity contribution >= 4 is 59.0 Å². The Labute approximate surface area is 274 Å². The van der Waals surface area contributed by atoms with Crippen LogP contribution in [-0.4, -0.2) is 98.6 Å². The summed E-state index contributed by atoms with van der Waals surface area (Å²) in [4.78, 5) is 74.1. The Morgan fingerprint density at radius 2 is 2.00 bits per heavy atom. The average Bonchev–Trinajstić information content (AvgIpc) is 3.44. The van der Waals surface area contributed by atoms with Gasteiger partial charge in [0, 0.05) is 25.1 Å². The van der Waals surface area contributed by atoms with Crippen molar-refractivity contribution < 1.29 is 29.4 Å². The molecule has 2 aliphatic rings. The number of carboxylic acids is 1. The zero-order chi connectivity index (χ0) is 34.0. The first-order valence-electron chi connectivity index (χ1n) is 13.8. The number of urea groups is 1. The number of aryl methyl sites for hydroxylation is 1. The molecule has 246 valence electrons. The Morgan fingerprint density at radius 1 is 1.28 bits per heavy atom. The number of hydrogen-bond acceptors (Lipinski definition) is 13. The summed E-state index contributed by atoms with van der Waals surface area (Å²) in [6.07, 6.45) is 1.07. The molecule has 0 spiro atoms. The number of β-lactam (4-membered cyclic amide) rings is 1. The third-order valence-corrected chi connectivity index (χ3v) is 9.49. The highest BCUT2D eigenvalue weighted by Crippen LogP contribution is 2.42. The topological polar surface area (TPSA) is 255 Å². The number of aromatic hydroxyl groups is 1. The highest BCUT2D eigenvalue weighted by molar-refractivity contribution is 8.01.